The summed E-state index contributed by atoms with van der Waals surface area (Å²) in [5, 5.41) is 12.5. The number of halogens is 3. The SMILES string of the molecule is C=C(Cc1nc(-c2ccc(OCCCC(F)(F)F)cc2)no1)C(=O)O. The van der Waals surface area contributed by atoms with Gasteiger partial charge in [0.25, 0.3) is 0 Å². The molecule has 1 aromatic carbocycles. The van der Waals surface area contributed by atoms with E-state index in [1.165, 1.54) is 0 Å². The van der Waals surface area contributed by atoms with Crippen LogP contribution in [0.4, 0.5) is 13.2 Å². The molecule has 0 aliphatic carbocycles. The van der Waals surface area contributed by atoms with Crippen molar-refractivity contribution in [3.8, 4) is 17.1 Å². The lowest BCUT2D eigenvalue weighted by Gasteiger charge is -2.08. The van der Waals surface area contributed by atoms with Crippen molar-refractivity contribution >= 4 is 5.97 Å². The van der Waals surface area contributed by atoms with Gasteiger partial charge in [0, 0.05) is 17.6 Å². The zero-order valence-electron chi connectivity index (χ0n) is 13.0. The number of aliphatic carboxylic acids is 1. The van der Waals surface area contributed by atoms with E-state index in [1.54, 1.807) is 24.3 Å². The van der Waals surface area contributed by atoms with Crippen LogP contribution in [-0.4, -0.2) is 34.0 Å². The van der Waals surface area contributed by atoms with Gasteiger partial charge in [-0.25, -0.2) is 4.79 Å². The van der Waals surface area contributed by atoms with E-state index in [9.17, 15) is 18.0 Å². The zero-order valence-corrected chi connectivity index (χ0v) is 13.0. The van der Waals surface area contributed by atoms with Crippen molar-refractivity contribution < 1.29 is 32.3 Å². The Kier molecular flexibility index (Phi) is 5.79. The van der Waals surface area contributed by atoms with Crippen molar-refractivity contribution in [2.75, 3.05) is 6.61 Å². The summed E-state index contributed by atoms with van der Waals surface area (Å²) in [6, 6.07) is 6.41. The van der Waals surface area contributed by atoms with Crippen molar-refractivity contribution in [1.82, 2.24) is 10.1 Å². The van der Waals surface area contributed by atoms with Crippen LogP contribution in [0.15, 0.2) is 40.9 Å². The van der Waals surface area contributed by atoms with Crippen molar-refractivity contribution in [1.29, 1.82) is 0 Å². The summed E-state index contributed by atoms with van der Waals surface area (Å²) in [5.74, 6) is -0.340. The fourth-order valence-electron chi connectivity index (χ4n) is 1.86. The largest absolute Gasteiger partial charge is 0.494 e. The van der Waals surface area contributed by atoms with Crippen LogP contribution in [0.5, 0.6) is 5.75 Å². The first-order valence-electron chi connectivity index (χ1n) is 7.28. The van der Waals surface area contributed by atoms with E-state index in [-0.39, 0.29) is 36.7 Å². The lowest BCUT2D eigenvalue weighted by Crippen LogP contribution is -2.09. The Morgan fingerprint density at radius 1 is 1.28 bits per heavy atom. The quantitative estimate of drug-likeness (QED) is 0.574. The number of alkyl halides is 3. The lowest BCUT2D eigenvalue weighted by molar-refractivity contribution is -0.136. The van der Waals surface area contributed by atoms with E-state index in [0.717, 1.165) is 0 Å². The van der Waals surface area contributed by atoms with Crippen LogP contribution in [-0.2, 0) is 11.2 Å². The number of aromatic nitrogens is 2. The van der Waals surface area contributed by atoms with Gasteiger partial charge >= 0.3 is 12.1 Å². The molecule has 0 unspecified atom stereocenters. The molecule has 0 amide bonds. The van der Waals surface area contributed by atoms with Crippen LogP contribution in [0.1, 0.15) is 18.7 Å². The second kappa shape index (κ2) is 7.82. The van der Waals surface area contributed by atoms with Gasteiger partial charge in [-0.15, -0.1) is 0 Å². The van der Waals surface area contributed by atoms with Gasteiger partial charge in [0.05, 0.1) is 13.0 Å². The lowest BCUT2D eigenvalue weighted by atomic mass is 10.2. The Hall–Kier alpha value is -2.84. The van der Waals surface area contributed by atoms with Crippen molar-refractivity contribution in [2.45, 2.75) is 25.4 Å². The maximum Gasteiger partial charge on any atom is 0.389 e. The molecule has 134 valence electrons. The zero-order chi connectivity index (χ0) is 18.4. The van der Waals surface area contributed by atoms with Gasteiger partial charge in [0.15, 0.2) is 0 Å². The van der Waals surface area contributed by atoms with Gasteiger partial charge in [-0.05, 0) is 30.7 Å². The van der Waals surface area contributed by atoms with Crippen molar-refractivity contribution in [3.63, 3.8) is 0 Å². The van der Waals surface area contributed by atoms with E-state index >= 15 is 0 Å². The molecule has 2 rings (SSSR count). The third kappa shape index (κ3) is 5.94. The minimum atomic E-state index is -4.19. The standard InChI is InChI=1S/C16H15F3N2O4/c1-10(15(22)23)9-13-20-14(21-25-13)11-3-5-12(6-4-11)24-8-2-7-16(17,18)19/h3-6H,1-2,7-9H2,(H,22,23). The highest BCUT2D eigenvalue weighted by molar-refractivity contribution is 5.86. The number of hydrogen-bond donors (Lipinski definition) is 1. The molecule has 0 radical (unpaired) electrons. The van der Waals surface area contributed by atoms with Crippen LogP contribution in [0.3, 0.4) is 0 Å². The predicted molar refractivity (Wildman–Crippen MR) is 81.0 cm³/mol. The van der Waals surface area contributed by atoms with Crippen LogP contribution >= 0.6 is 0 Å². The molecule has 1 N–H and O–H groups in total. The maximum absolute atomic E-state index is 12.0. The Balaban J connectivity index is 1.90. The third-order valence-corrected chi connectivity index (χ3v) is 3.12. The number of carboxylic acids is 1. The molecule has 0 atom stereocenters. The van der Waals surface area contributed by atoms with Gasteiger partial charge in [0.2, 0.25) is 11.7 Å². The highest BCUT2D eigenvalue weighted by atomic mass is 19.4. The number of ether oxygens (including phenoxy) is 1. The fraction of sp³-hybridized carbons (Fsp3) is 0.312. The summed E-state index contributed by atoms with van der Waals surface area (Å²) in [7, 11) is 0. The Morgan fingerprint density at radius 3 is 2.56 bits per heavy atom. The summed E-state index contributed by atoms with van der Waals surface area (Å²) in [6.07, 6.45) is -5.26. The molecule has 25 heavy (non-hydrogen) atoms. The second-order valence-corrected chi connectivity index (χ2v) is 5.19. The molecule has 1 heterocycles. The minimum absolute atomic E-state index is 0.0392. The first-order chi connectivity index (χ1) is 11.7. The number of benzene rings is 1. The van der Waals surface area contributed by atoms with Crippen molar-refractivity contribution in [3.05, 3.63) is 42.3 Å². The molecule has 1 aromatic heterocycles. The number of carbonyl (C=O) groups is 1. The fourth-order valence-corrected chi connectivity index (χ4v) is 1.86. The topological polar surface area (TPSA) is 85.5 Å². The Bertz CT molecular complexity index is 739. The molecule has 0 fully saturated rings. The third-order valence-electron chi connectivity index (χ3n) is 3.12. The molecule has 0 spiro atoms. The minimum Gasteiger partial charge on any atom is -0.494 e. The summed E-state index contributed by atoms with van der Waals surface area (Å²) < 4.78 is 46.3. The average Bonchev–Trinajstić information content (AvgIpc) is 2.99. The first kappa shape index (κ1) is 18.5. The summed E-state index contributed by atoms with van der Waals surface area (Å²) >= 11 is 0. The van der Waals surface area contributed by atoms with E-state index in [2.05, 4.69) is 16.7 Å². The van der Waals surface area contributed by atoms with Crippen molar-refractivity contribution in [2.24, 2.45) is 0 Å². The molecular weight excluding hydrogens is 341 g/mol. The normalized spacial score (nSPS) is 11.3. The molecular formula is C16H15F3N2O4. The van der Waals surface area contributed by atoms with Crippen LogP contribution in [0, 0.1) is 0 Å². The average molecular weight is 356 g/mol. The summed E-state index contributed by atoms with van der Waals surface area (Å²) in [4.78, 5) is 14.8. The van der Waals surface area contributed by atoms with Crippen LogP contribution in [0.2, 0.25) is 0 Å². The number of rotatable bonds is 8. The number of carboxylic acid groups (broad SMARTS) is 1. The first-order valence-corrected chi connectivity index (χ1v) is 7.28. The molecule has 0 saturated carbocycles. The van der Waals surface area contributed by atoms with Crippen LogP contribution in [0.25, 0.3) is 11.4 Å². The van der Waals surface area contributed by atoms with Gasteiger partial charge in [-0.1, -0.05) is 11.7 Å². The van der Waals surface area contributed by atoms with E-state index in [0.29, 0.717) is 11.3 Å². The maximum atomic E-state index is 12.0. The van der Waals surface area contributed by atoms with Gasteiger partial charge < -0.3 is 14.4 Å². The summed E-state index contributed by atoms with van der Waals surface area (Å²) in [6.45, 7) is 3.34. The smallest absolute Gasteiger partial charge is 0.389 e. The van der Waals surface area contributed by atoms with E-state index in [4.69, 9.17) is 14.4 Å². The molecule has 6 nitrogen and oxygen atoms in total. The second-order valence-electron chi connectivity index (χ2n) is 5.19. The molecule has 2 aromatic rings. The van der Waals surface area contributed by atoms with Gasteiger partial charge in [0.1, 0.15) is 5.75 Å². The van der Waals surface area contributed by atoms with Crippen LogP contribution < -0.4 is 4.74 Å². The molecule has 0 bridgehead atoms. The summed E-state index contributed by atoms with van der Waals surface area (Å²) in [5.41, 5.74) is 0.524. The molecule has 0 saturated heterocycles. The molecule has 0 aliphatic heterocycles. The molecule has 0 aliphatic rings. The Morgan fingerprint density at radius 2 is 1.96 bits per heavy atom. The number of nitrogens with zero attached hydrogens (tertiary/aromatic N) is 2. The van der Waals surface area contributed by atoms with E-state index in [1.807, 2.05) is 0 Å². The highest BCUT2D eigenvalue weighted by Gasteiger charge is 2.26. The van der Waals surface area contributed by atoms with Gasteiger partial charge in [-0.2, -0.15) is 18.2 Å². The predicted octanol–water partition coefficient (Wildman–Crippen LogP) is 3.64. The Labute approximate surface area is 140 Å². The monoisotopic (exact) mass is 356 g/mol. The number of hydrogen-bond acceptors (Lipinski definition) is 5. The highest BCUT2D eigenvalue weighted by Crippen LogP contribution is 2.23. The van der Waals surface area contributed by atoms with Gasteiger partial charge in [-0.3, -0.25) is 0 Å². The van der Waals surface area contributed by atoms with E-state index < -0.39 is 18.6 Å². The molecule has 9 heteroatoms.